The Morgan fingerprint density at radius 2 is 1.74 bits per heavy atom. The van der Waals surface area contributed by atoms with Crippen LogP contribution in [0.3, 0.4) is 0 Å². The van der Waals surface area contributed by atoms with Crippen LogP contribution in [0.1, 0.15) is 56.5 Å². The molecule has 2 heterocycles. The molecule has 19 heavy (non-hydrogen) atoms. The molecule has 0 saturated heterocycles. The molecule has 0 amide bonds. The number of hydrogen-bond donors (Lipinski definition) is 1. The lowest BCUT2D eigenvalue weighted by atomic mass is 9.99. The average molecular weight is 271 g/mol. The Hall–Kier alpha value is -1.59. The molecule has 2 aromatic heterocycles. The molecule has 0 atom stereocenters. The topological polar surface area (TPSA) is 41.6 Å². The third kappa shape index (κ3) is 2.31. The second-order valence-electron chi connectivity index (χ2n) is 5.23. The SMILES string of the molecule is CC(C)c1ncc2c(C(C)C)[nH]nc2c1C(F)(F)F. The molecule has 0 saturated carbocycles. The summed E-state index contributed by atoms with van der Waals surface area (Å²) in [5.41, 5.74) is -0.0248. The van der Waals surface area contributed by atoms with Gasteiger partial charge in [0.15, 0.2) is 0 Å². The number of aromatic nitrogens is 3. The molecule has 2 aromatic rings. The second-order valence-corrected chi connectivity index (χ2v) is 5.23. The van der Waals surface area contributed by atoms with Crippen molar-refractivity contribution in [3.05, 3.63) is 23.1 Å². The van der Waals surface area contributed by atoms with E-state index in [1.54, 1.807) is 13.8 Å². The molecule has 0 aliphatic rings. The van der Waals surface area contributed by atoms with Crippen LogP contribution in [-0.2, 0) is 6.18 Å². The smallest absolute Gasteiger partial charge is 0.281 e. The number of aromatic amines is 1. The molecule has 1 N–H and O–H groups in total. The number of pyridine rings is 1. The maximum atomic E-state index is 13.3. The first-order chi connectivity index (χ1) is 8.73. The summed E-state index contributed by atoms with van der Waals surface area (Å²) >= 11 is 0. The second kappa shape index (κ2) is 4.51. The number of rotatable bonds is 2. The molecule has 0 radical (unpaired) electrons. The Bertz CT molecular complexity index is 597. The summed E-state index contributed by atoms with van der Waals surface area (Å²) in [6.45, 7) is 7.19. The van der Waals surface area contributed by atoms with Gasteiger partial charge < -0.3 is 0 Å². The molecule has 0 aliphatic heterocycles. The molecule has 0 aromatic carbocycles. The first kappa shape index (κ1) is 13.8. The predicted octanol–water partition coefficient (Wildman–Crippen LogP) is 4.22. The van der Waals surface area contributed by atoms with Crippen molar-refractivity contribution in [2.24, 2.45) is 0 Å². The van der Waals surface area contributed by atoms with E-state index in [2.05, 4.69) is 15.2 Å². The Morgan fingerprint density at radius 1 is 1.11 bits per heavy atom. The maximum absolute atomic E-state index is 13.3. The lowest BCUT2D eigenvalue weighted by molar-refractivity contribution is -0.137. The molecule has 0 aliphatic carbocycles. The number of hydrogen-bond acceptors (Lipinski definition) is 2. The van der Waals surface area contributed by atoms with Gasteiger partial charge in [0.25, 0.3) is 0 Å². The standard InChI is InChI=1S/C13H16F3N3/c1-6(2)10-8-5-17-11(7(3)4)9(13(14,15)16)12(8)19-18-10/h5-7H,1-4H3,(H,18,19). The summed E-state index contributed by atoms with van der Waals surface area (Å²) in [5.74, 6) is -0.238. The van der Waals surface area contributed by atoms with Crippen molar-refractivity contribution in [3.63, 3.8) is 0 Å². The zero-order valence-electron chi connectivity index (χ0n) is 11.3. The van der Waals surface area contributed by atoms with Crippen molar-refractivity contribution < 1.29 is 13.2 Å². The largest absolute Gasteiger partial charge is 0.420 e. The van der Waals surface area contributed by atoms with Crippen molar-refractivity contribution in [2.75, 3.05) is 0 Å². The highest BCUT2D eigenvalue weighted by Gasteiger charge is 2.38. The van der Waals surface area contributed by atoms with Gasteiger partial charge in [-0.05, 0) is 11.8 Å². The van der Waals surface area contributed by atoms with Crippen LogP contribution in [0.4, 0.5) is 13.2 Å². The molecule has 3 nitrogen and oxygen atoms in total. The summed E-state index contributed by atoms with van der Waals surface area (Å²) in [6.07, 6.45) is -2.96. The zero-order chi connectivity index (χ0) is 14.4. The van der Waals surface area contributed by atoms with Gasteiger partial charge >= 0.3 is 6.18 Å². The minimum atomic E-state index is -4.45. The Kier molecular flexibility index (Phi) is 3.28. The minimum Gasteiger partial charge on any atom is -0.281 e. The number of nitrogens with zero attached hydrogens (tertiary/aromatic N) is 2. The molecule has 0 fully saturated rings. The molecule has 6 heteroatoms. The van der Waals surface area contributed by atoms with Gasteiger partial charge in [0.1, 0.15) is 11.1 Å². The molecule has 0 bridgehead atoms. The average Bonchev–Trinajstić information content (AvgIpc) is 2.69. The van der Waals surface area contributed by atoms with Gasteiger partial charge in [0.05, 0.1) is 5.69 Å². The normalized spacial score (nSPS) is 12.9. The lowest BCUT2D eigenvalue weighted by Gasteiger charge is -2.15. The number of alkyl halides is 3. The third-order valence-corrected chi connectivity index (χ3v) is 3.07. The lowest BCUT2D eigenvalue weighted by Crippen LogP contribution is -2.13. The van der Waals surface area contributed by atoms with Crippen molar-refractivity contribution >= 4 is 10.9 Å². The Morgan fingerprint density at radius 3 is 2.21 bits per heavy atom. The highest BCUT2D eigenvalue weighted by molar-refractivity contribution is 5.85. The van der Waals surface area contributed by atoms with Gasteiger partial charge in [-0.3, -0.25) is 10.1 Å². The van der Waals surface area contributed by atoms with Gasteiger partial charge in [-0.25, -0.2) is 0 Å². The van der Waals surface area contributed by atoms with Crippen LogP contribution >= 0.6 is 0 Å². The summed E-state index contributed by atoms with van der Waals surface area (Å²) in [7, 11) is 0. The van der Waals surface area contributed by atoms with Gasteiger partial charge in [-0.1, -0.05) is 27.7 Å². The first-order valence-electron chi connectivity index (χ1n) is 6.17. The van der Waals surface area contributed by atoms with Crippen molar-refractivity contribution in [2.45, 2.75) is 45.7 Å². The number of H-pyrrole nitrogens is 1. The van der Waals surface area contributed by atoms with E-state index in [4.69, 9.17) is 0 Å². The predicted molar refractivity (Wildman–Crippen MR) is 67.1 cm³/mol. The van der Waals surface area contributed by atoms with E-state index < -0.39 is 11.7 Å². The van der Waals surface area contributed by atoms with Crippen LogP contribution in [0.15, 0.2) is 6.20 Å². The van der Waals surface area contributed by atoms with Gasteiger partial charge in [-0.2, -0.15) is 18.3 Å². The van der Waals surface area contributed by atoms with E-state index in [-0.39, 0.29) is 23.0 Å². The molecule has 2 rings (SSSR count). The van der Waals surface area contributed by atoms with Crippen LogP contribution in [-0.4, -0.2) is 15.2 Å². The highest BCUT2D eigenvalue weighted by Crippen LogP contribution is 2.39. The van der Waals surface area contributed by atoms with E-state index in [1.165, 1.54) is 6.20 Å². The number of fused-ring (bicyclic) bond motifs is 1. The fourth-order valence-corrected chi connectivity index (χ4v) is 2.16. The summed E-state index contributed by atoms with van der Waals surface area (Å²) < 4.78 is 39.8. The summed E-state index contributed by atoms with van der Waals surface area (Å²) in [6, 6.07) is 0. The third-order valence-electron chi connectivity index (χ3n) is 3.07. The molecule has 0 unspecified atom stereocenters. The van der Waals surface area contributed by atoms with Crippen LogP contribution in [0.5, 0.6) is 0 Å². The quantitative estimate of drug-likeness (QED) is 0.888. The summed E-state index contributed by atoms with van der Waals surface area (Å²) in [4.78, 5) is 4.01. The fourth-order valence-electron chi connectivity index (χ4n) is 2.16. The van der Waals surface area contributed by atoms with Gasteiger partial charge in [0, 0.05) is 17.3 Å². The van der Waals surface area contributed by atoms with E-state index >= 15 is 0 Å². The molecule has 104 valence electrons. The zero-order valence-corrected chi connectivity index (χ0v) is 11.3. The van der Waals surface area contributed by atoms with Crippen LogP contribution < -0.4 is 0 Å². The van der Waals surface area contributed by atoms with Crippen molar-refractivity contribution in [1.82, 2.24) is 15.2 Å². The van der Waals surface area contributed by atoms with E-state index in [9.17, 15) is 13.2 Å². The van der Waals surface area contributed by atoms with Gasteiger partial charge in [-0.15, -0.1) is 0 Å². The Labute approximate surface area is 109 Å². The van der Waals surface area contributed by atoms with Gasteiger partial charge in [0.2, 0.25) is 0 Å². The van der Waals surface area contributed by atoms with Crippen molar-refractivity contribution in [3.8, 4) is 0 Å². The first-order valence-corrected chi connectivity index (χ1v) is 6.17. The van der Waals surface area contributed by atoms with E-state index in [0.29, 0.717) is 11.1 Å². The fraction of sp³-hybridized carbons (Fsp3) is 0.538. The van der Waals surface area contributed by atoms with Crippen LogP contribution in [0.2, 0.25) is 0 Å². The molecular formula is C13H16F3N3. The monoisotopic (exact) mass is 271 g/mol. The molecule has 0 spiro atoms. The number of nitrogens with one attached hydrogen (secondary N) is 1. The maximum Gasteiger partial charge on any atom is 0.420 e. The van der Waals surface area contributed by atoms with E-state index in [0.717, 1.165) is 0 Å². The van der Waals surface area contributed by atoms with Crippen LogP contribution in [0.25, 0.3) is 10.9 Å². The Balaban J connectivity index is 2.82. The minimum absolute atomic E-state index is 0.0325. The highest BCUT2D eigenvalue weighted by atomic mass is 19.4. The summed E-state index contributed by atoms with van der Waals surface area (Å²) in [5, 5.41) is 7.02. The molecular weight excluding hydrogens is 255 g/mol. The van der Waals surface area contributed by atoms with Crippen molar-refractivity contribution in [1.29, 1.82) is 0 Å². The number of halogens is 3. The van der Waals surface area contributed by atoms with Crippen LogP contribution in [0, 0.1) is 0 Å². The van der Waals surface area contributed by atoms with E-state index in [1.807, 2.05) is 13.8 Å².